The van der Waals surface area contributed by atoms with Gasteiger partial charge in [-0.25, -0.2) is 4.18 Å². The van der Waals surface area contributed by atoms with Crippen LogP contribution in [-0.2, 0) is 14.3 Å². The first kappa shape index (κ1) is 6.04. The van der Waals surface area contributed by atoms with E-state index in [9.17, 15) is 8.42 Å². The molecule has 0 N–H and O–H groups in total. The lowest BCUT2D eigenvalue weighted by Gasteiger charge is -1.87. The second-order valence-corrected chi connectivity index (χ2v) is 3.96. The van der Waals surface area contributed by atoms with Crippen LogP contribution in [0.2, 0.25) is 0 Å². The molecule has 0 aromatic heterocycles. The molecule has 0 spiro atoms. The predicted molar refractivity (Wildman–Crippen MR) is 28.7 cm³/mol. The second kappa shape index (κ2) is 1.25. The fraction of sp³-hybridized carbons (Fsp3) is 1.00. The summed E-state index contributed by atoms with van der Waals surface area (Å²) < 4.78 is 25.2. The standard InChI is InChI=1S/C4H8O3S/c1-3-4(2)7-8(4,5)6/h3H2,1-2H3. The number of hydrogen-bond acceptors (Lipinski definition) is 3. The summed E-state index contributed by atoms with van der Waals surface area (Å²) in [6.45, 7) is 3.35. The maximum atomic E-state index is 10.4. The minimum atomic E-state index is -3.11. The van der Waals surface area contributed by atoms with Crippen molar-refractivity contribution in [1.29, 1.82) is 0 Å². The Bertz CT molecular complexity index is 193. The fourth-order valence-corrected chi connectivity index (χ4v) is 1.52. The average Bonchev–Trinajstić information content (AvgIpc) is 2.10. The highest BCUT2D eigenvalue weighted by atomic mass is 32.2. The summed E-state index contributed by atoms with van der Waals surface area (Å²) in [6, 6.07) is 0. The molecule has 8 heavy (non-hydrogen) atoms. The molecule has 1 aliphatic rings. The second-order valence-electron chi connectivity index (χ2n) is 2.02. The van der Waals surface area contributed by atoms with Crippen LogP contribution in [-0.4, -0.2) is 13.4 Å². The molecule has 0 amide bonds. The van der Waals surface area contributed by atoms with Crippen molar-refractivity contribution in [2.24, 2.45) is 0 Å². The molecular weight excluding hydrogens is 128 g/mol. The lowest BCUT2D eigenvalue weighted by atomic mass is 10.3. The van der Waals surface area contributed by atoms with Gasteiger partial charge in [-0.1, -0.05) is 6.92 Å². The summed E-state index contributed by atoms with van der Waals surface area (Å²) >= 11 is 0. The molecule has 4 heteroatoms. The molecule has 0 bridgehead atoms. The molecule has 0 radical (unpaired) electrons. The highest BCUT2D eigenvalue weighted by molar-refractivity contribution is 7.93. The van der Waals surface area contributed by atoms with Crippen molar-refractivity contribution in [2.75, 3.05) is 0 Å². The topological polar surface area (TPSA) is 46.7 Å². The molecule has 1 atom stereocenters. The molecule has 1 rings (SSSR count). The summed E-state index contributed by atoms with van der Waals surface area (Å²) in [6.07, 6.45) is 0.537. The molecule has 0 aromatic carbocycles. The van der Waals surface area contributed by atoms with Crippen LogP contribution >= 0.6 is 0 Å². The molecule has 0 saturated carbocycles. The molecule has 0 aliphatic carbocycles. The SMILES string of the molecule is CCC1(C)OS1(=O)=O. The minimum Gasteiger partial charge on any atom is -0.242 e. The van der Waals surface area contributed by atoms with Crippen molar-refractivity contribution >= 4 is 10.1 Å². The van der Waals surface area contributed by atoms with Crippen molar-refractivity contribution < 1.29 is 12.6 Å². The Morgan fingerprint density at radius 2 is 2.00 bits per heavy atom. The van der Waals surface area contributed by atoms with Gasteiger partial charge in [0.15, 0.2) is 0 Å². The highest BCUT2D eigenvalue weighted by Gasteiger charge is 2.58. The van der Waals surface area contributed by atoms with Crippen LogP contribution in [0.15, 0.2) is 0 Å². The summed E-state index contributed by atoms with van der Waals surface area (Å²) in [5.41, 5.74) is 0. The zero-order valence-corrected chi connectivity index (χ0v) is 5.66. The first-order valence-electron chi connectivity index (χ1n) is 2.47. The van der Waals surface area contributed by atoms with Gasteiger partial charge in [0.2, 0.25) is 4.93 Å². The van der Waals surface area contributed by atoms with Crippen LogP contribution in [0.4, 0.5) is 0 Å². The van der Waals surface area contributed by atoms with E-state index in [4.69, 9.17) is 0 Å². The Morgan fingerprint density at radius 3 is 2.00 bits per heavy atom. The lowest BCUT2D eigenvalue weighted by Crippen LogP contribution is -2.02. The Morgan fingerprint density at radius 1 is 1.62 bits per heavy atom. The smallest absolute Gasteiger partial charge is 0.242 e. The van der Waals surface area contributed by atoms with E-state index in [1.807, 2.05) is 0 Å². The summed E-state index contributed by atoms with van der Waals surface area (Å²) in [5.74, 6) is 0. The Hall–Kier alpha value is -0.0900. The van der Waals surface area contributed by atoms with E-state index in [1.165, 1.54) is 0 Å². The molecule has 1 unspecified atom stereocenters. The fourth-order valence-electron chi connectivity index (χ4n) is 0.451. The lowest BCUT2D eigenvalue weighted by molar-refractivity contribution is 0.332. The van der Waals surface area contributed by atoms with E-state index in [-0.39, 0.29) is 0 Å². The summed E-state index contributed by atoms with van der Waals surface area (Å²) in [7, 11) is -3.11. The quantitative estimate of drug-likeness (QED) is 0.492. The van der Waals surface area contributed by atoms with Crippen LogP contribution in [0, 0.1) is 0 Å². The highest BCUT2D eigenvalue weighted by Crippen LogP contribution is 2.40. The van der Waals surface area contributed by atoms with Gasteiger partial charge >= 0.3 is 0 Å². The van der Waals surface area contributed by atoms with Crippen LogP contribution in [0.5, 0.6) is 0 Å². The maximum absolute atomic E-state index is 10.4. The zero-order chi connectivity index (χ0) is 6.41. The first-order valence-corrected chi connectivity index (χ1v) is 3.88. The van der Waals surface area contributed by atoms with Crippen LogP contribution in [0.3, 0.4) is 0 Å². The molecule has 1 aliphatic heterocycles. The Labute approximate surface area is 48.8 Å². The van der Waals surface area contributed by atoms with Crippen molar-refractivity contribution in [3.05, 3.63) is 0 Å². The molecule has 1 heterocycles. The van der Waals surface area contributed by atoms with Crippen LogP contribution in [0.1, 0.15) is 20.3 Å². The van der Waals surface area contributed by atoms with Gasteiger partial charge in [-0.15, -0.1) is 0 Å². The first-order chi connectivity index (χ1) is 3.52. The van der Waals surface area contributed by atoms with E-state index in [0.29, 0.717) is 6.42 Å². The van der Waals surface area contributed by atoms with E-state index in [0.717, 1.165) is 0 Å². The van der Waals surface area contributed by atoms with Gasteiger partial charge in [-0.2, -0.15) is 8.42 Å². The van der Waals surface area contributed by atoms with E-state index in [2.05, 4.69) is 4.18 Å². The Balaban J connectivity index is 2.84. The van der Waals surface area contributed by atoms with Gasteiger partial charge in [0.1, 0.15) is 0 Å². The van der Waals surface area contributed by atoms with Gasteiger partial charge in [-0.05, 0) is 13.3 Å². The normalized spacial score (nSPS) is 41.8. The molecule has 1 fully saturated rings. The van der Waals surface area contributed by atoms with Crippen molar-refractivity contribution in [3.63, 3.8) is 0 Å². The van der Waals surface area contributed by atoms with Gasteiger partial charge in [0, 0.05) is 0 Å². The molecule has 3 nitrogen and oxygen atoms in total. The van der Waals surface area contributed by atoms with E-state index < -0.39 is 15.1 Å². The monoisotopic (exact) mass is 136 g/mol. The molecule has 0 aromatic rings. The third-order valence-electron chi connectivity index (χ3n) is 1.43. The molecular formula is C4H8O3S. The van der Waals surface area contributed by atoms with Crippen molar-refractivity contribution in [2.45, 2.75) is 25.2 Å². The maximum Gasteiger partial charge on any atom is 0.300 e. The van der Waals surface area contributed by atoms with Gasteiger partial charge in [0.25, 0.3) is 10.1 Å². The largest absolute Gasteiger partial charge is 0.300 e. The zero-order valence-electron chi connectivity index (χ0n) is 4.84. The third-order valence-corrected chi connectivity index (χ3v) is 3.30. The Kier molecular flexibility index (Phi) is 0.941. The average molecular weight is 136 g/mol. The number of hydrogen-bond donors (Lipinski definition) is 0. The number of rotatable bonds is 1. The van der Waals surface area contributed by atoms with Crippen LogP contribution in [0.25, 0.3) is 0 Å². The minimum absolute atomic E-state index is 0.537. The van der Waals surface area contributed by atoms with Crippen molar-refractivity contribution in [3.8, 4) is 0 Å². The van der Waals surface area contributed by atoms with E-state index in [1.54, 1.807) is 13.8 Å². The molecule has 1 saturated heterocycles. The van der Waals surface area contributed by atoms with Gasteiger partial charge in [0.05, 0.1) is 0 Å². The van der Waals surface area contributed by atoms with E-state index >= 15 is 0 Å². The van der Waals surface area contributed by atoms with Gasteiger partial charge < -0.3 is 0 Å². The van der Waals surface area contributed by atoms with Crippen molar-refractivity contribution in [1.82, 2.24) is 0 Å². The summed E-state index contributed by atoms with van der Waals surface area (Å²) in [5, 5.41) is 0. The third kappa shape index (κ3) is 0.563. The molecule has 48 valence electrons. The van der Waals surface area contributed by atoms with Crippen LogP contribution < -0.4 is 0 Å². The summed E-state index contributed by atoms with van der Waals surface area (Å²) in [4.78, 5) is -0.840. The van der Waals surface area contributed by atoms with Gasteiger partial charge in [-0.3, -0.25) is 0 Å². The predicted octanol–water partition coefficient (Wildman–Crippen LogP) is 0.473.